The van der Waals surface area contributed by atoms with Crippen LogP contribution >= 0.6 is 15.9 Å². The highest BCUT2D eigenvalue weighted by atomic mass is 79.9. The molecule has 1 aliphatic rings. The molecule has 0 radical (unpaired) electrons. The van der Waals surface area contributed by atoms with E-state index in [9.17, 15) is 4.79 Å². The van der Waals surface area contributed by atoms with E-state index in [4.69, 9.17) is 9.47 Å². The van der Waals surface area contributed by atoms with Crippen molar-refractivity contribution in [2.75, 3.05) is 14.2 Å². The third-order valence-electron chi connectivity index (χ3n) is 4.47. The van der Waals surface area contributed by atoms with Crippen LogP contribution in [-0.2, 0) is 4.79 Å². The minimum Gasteiger partial charge on any atom is -0.493 e. The van der Waals surface area contributed by atoms with Crippen molar-refractivity contribution < 1.29 is 14.3 Å². The van der Waals surface area contributed by atoms with Gasteiger partial charge in [-0.25, -0.2) is 0 Å². The number of Topliss-reactive ketones (excluding diaryl/α,β-unsaturated/α-hetero) is 1. The monoisotopic (exact) mass is 412 g/mol. The van der Waals surface area contributed by atoms with Crippen LogP contribution < -0.4 is 9.47 Å². The summed E-state index contributed by atoms with van der Waals surface area (Å²) in [6.07, 6.45) is 6.44. The molecule has 0 saturated heterocycles. The maximum Gasteiger partial charge on any atom is 0.185 e. The van der Waals surface area contributed by atoms with E-state index in [0.29, 0.717) is 11.5 Å². The molecule has 0 amide bonds. The molecule has 0 aromatic heterocycles. The molecular formula is C22H21BrO3. The molecule has 1 aliphatic carbocycles. The minimum atomic E-state index is 0.108. The maximum absolute atomic E-state index is 13.0. The average Bonchev–Trinajstić information content (AvgIpc) is 2.66. The van der Waals surface area contributed by atoms with E-state index in [1.54, 1.807) is 14.2 Å². The summed E-state index contributed by atoms with van der Waals surface area (Å²) in [5.74, 6) is 1.42. The minimum absolute atomic E-state index is 0.108. The summed E-state index contributed by atoms with van der Waals surface area (Å²) in [4.78, 5) is 13.0. The molecular weight excluding hydrogens is 392 g/mol. The molecule has 0 spiro atoms. The third-order valence-corrected chi connectivity index (χ3v) is 5.20. The molecule has 0 atom stereocenters. The zero-order valence-corrected chi connectivity index (χ0v) is 16.5. The quantitative estimate of drug-likeness (QED) is 0.605. The zero-order chi connectivity index (χ0) is 18.5. The van der Waals surface area contributed by atoms with Crippen LogP contribution in [0.4, 0.5) is 0 Å². The molecule has 0 aliphatic heterocycles. The topological polar surface area (TPSA) is 35.5 Å². The van der Waals surface area contributed by atoms with Gasteiger partial charge < -0.3 is 9.47 Å². The Bertz CT molecular complexity index is 881. The Morgan fingerprint density at radius 3 is 2.19 bits per heavy atom. The molecule has 0 bridgehead atoms. The van der Waals surface area contributed by atoms with E-state index < -0.39 is 0 Å². The standard InChI is InChI=1S/C22H21BrO3/c1-25-20-12-6-10-18(22(20)26-2)14-17-9-5-8-16(21(17)24)13-15-7-3-4-11-19(15)23/h3-4,6-7,10-14H,5,8-9H2,1-2H3/b16-13+,17-14+. The lowest BCUT2D eigenvalue weighted by Crippen LogP contribution is -2.12. The van der Waals surface area contributed by atoms with Gasteiger partial charge >= 0.3 is 0 Å². The first-order chi connectivity index (χ1) is 12.6. The van der Waals surface area contributed by atoms with E-state index >= 15 is 0 Å². The summed E-state index contributed by atoms with van der Waals surface area (Å²) in [7, 11) is 3.22. The normalized spacial score (nSPS) is 17.6. The Kier molecular flexibility index (Phi) is 5.94. The predicted octanol–water partition coefficient (Wildman–Crippen LogP) is 5.69. The Morgan fingerprint density at radius 1 is 0.885 bits per heavy atom. The number of hydrogen-bond donors (Lipinski definition) is 0. The van der Waals surface area contributed by atoms with Crippen molar-refractivity contribution in [1.82, 2.24) is 0 Å². The number of ketones is 1. The SMILES string of the molecule is COc1cccc(/C=C2\CCC/C(=C\c3ccccc3Br)C2=O)c1OC. The molecule has 0 N–H and O–H groups in total. The van der Waals surface area contributed by atoms with Crippen LogP contribution in [-0.4, -0.2) is 20.0 Å². The maximum atomic E-state index is 13.0. The highest BCUT2D eigenvalue weighted by molar-refractivity contribution is 9.10. The van der Waals surface area contributed by atoms with E-state index in [-0.39, 0.29) is 5.78 Å². The molecule has 2 aromatic rings. The van der Waals surface area contributed by atoms with Crippen molar-refractivity contribution in [2.24, 2.45) is 0 Å². The summed E-state index contributed by atoms with van der Waals surface area (Å²) in [5.41, 5.74) is 3.53. The molecule has 0 unspecified atom stereocenters. The van der Waals surface area contributed by atoms with Crippen LogP contribution in [0.25, 0.3) is 12.2 Å². The van der Waals surface area contributed by atoms with E-state index in [0.717, 1.165) is 46.0 Å². The van der Waals surface area contributed by atoms with E-state index in [1.807, 2.05) is 54.6 Å². The van der Waals surface area contributed by atoms with Crippen molar-refractivity contribution in [1.29, 1.82) is 0 Å². The molecule has 3 rings (SSSR count). The largest absolute Gasteiger partial charge is 0.493 e. The van der Waals surface area contributed by atoms with Crippen LogP contribution in [0.3, 0.4) is 0 Å². The molecule has 26 heavy (non-hydrogen) atoms. The number of carbonyl (C=O) groups is 1. The summed E-state index contributed by atoms with van der Waals surface area (Å²) in [5, 5.41) is 0. The fraction of sp³-hybridized carbons (Fsp3) is 0.227. The van der Waals surface area contributed by atoms with Gasteiger partial charge in [0.1, 0.15) is 0 Å². The zero-order valence-electron chi connectivity index (χ0n) is 14.9. The Labute approximate surface area is 162 Å². The van der Waals surface area contributed by atoms with Crippen molar-refractivity contribution in [3.63, 3.8) is 0 Å². The third kappa shape index (κ3) is 3.91. The van der Waals surface area contributed by atoms with Gasteiger partial charge in [-0.15, -0.1) is 0 Å². The van der Waals surface area contributed by atoms with E-state index in [2.05, 4.69) is 15.9 Å². The van der Waals surface area contributed by atoms with Gasteiger partial charge in [-0.3, -0.25) is 4.79 Å². The van der Waals surface area contributed by atoms with Crippen molar-refractivity contribution in [3.05, 3.63) is 69.2 Å². The second-order valence-corrected chi connectivity index (χ2v) is 6.98. The van der Waals surface area contributed by atoms with Gasteiger partial charge in [0.05, 0.1) is 14.2 Å². The fourth-order valence-electron chi connectivity index (χ4n) is 3.17. The number of rotatable bonds is 4. The molecule has 2 aromatic carbocycles. The lowest BCUT2D eigenvalue weighted by atomic mass is 9.86. The van der Waals surface area contributed by atoms with Crippen LogP contribution in [0.2, 0.25) is 0 Å². The summed E-state index contributed by atoms with van der Waals surface area (Å²) in [6, 6.07) is 13.6. The Morgan fingerprint density at radius 2 is 1.54 bits per heavy atom. The van der Waals surface area contributed by atoms with Crippen molar-refractivity contribution in [2.45, 2.75) is 19.3 Å². The first-order valence-electron chi connectivity index (χ1n) is 8.55. The number of methoxy groups -OCH3 is 2. The molecule has 0 heterocycles. The van der Waals surface area contributed by atoms with Gasteiger partial charge in [-0.05, 0) is 49.1 Å². The number of hydrogen-bond acceptors (Lipinski definition) is 3. The highest BCUT2D eigenvalue weighted by Crippen LogP contribution is 2.35. The van der Waals surface area contributed by atoms with Crippen LogP contribution in [0.5, 0.6) is 11.5 Å². The number of allylic oxidation sites excluding steroid dienone is 2. The second-order valence-electron chi connectivity index (χ2n) is 6.13. The Hall–Kier alpha value is -2.33. The average molecular weight is 413 g/mol. The molecule has 134 valence electrons. The lowest BCUT2D eigenvalue weighted by Gasteiger charge is -2.18. The number of benzene rings is 2. The van der Waals surface area contributed by atoms with Crippen molar-refractivity contribution >= 4 is 33.9 Å². The highest BCUT2D eigenvalue weighted by Gasteiger charge is 2.21. The van der Waals surface area contributed by atoms with Gasteiger partial charge in [0.15, 0.2) is 17.3 Å². The van der Waals surface area contributed by atoms with Crippen LogP contribution in [0, 0.1) is 0 Å². The molecule has 4 heteroatoms. The number of para-hydroxylation sites is 1. The lowest BCUT2D eigenvalue weighted by molar-refractivity contribution is -0.112. The number of ether oxygens (including phenoxy) is 2. The van der Waals surface area contributed by atoms with Gasteiger partial charge in [0, 0.05) is 21.2 Å². The van der Waals surface area contributed by atoms with Crippen LogP contribution in [0.15, 0.2) is 58.1 Å². The van der Waals surface area contributed by atoms with Crippen molar-refractivity contribution in [3.8, 4) is 11.5 Å². The van der Waals surface area contributed by atoms with Crippen LogP contribution in [0.1, 0.15) is 30.4 Å². The predicted molar refractivity (Wildman–Crippen MR) is 109 cm³/mol. The van der Waals surface area contributed by atoms with Gasteiger partial charge in [0.25, 0.3) is 0 Å². The molecule has 1 saturated carbocycles. The number of halogens is 1. The summed E-state index contributed by atoms with van der Waals surface area (Å²) in [6.45, 7) is 0. The molecule has 3 nitrogen and oxygen atoms in total. The van der Waals surface area contributed by atoms with Gasteiger partial charge in [-0.2, -0.15) is 0 Å². The first kappa shape index (κ1) is 18.5. The molecule has 1 fully saturated rings. The summed E-state index contributed by atoms with van der Waals surface area (Å²) < 4.78 is 11.8. The number of carbonyl (C=O) groups excluding carboxylic acids is 1. The fourth-order valence-corrected chi connectivity index (χ4v) is 3.57. The van der Waals surface area contributed by atoms with E-state index in [1.165, 1.54) is 0 Å². The first-order valence-corrected chi connectivity index (χ1v) is 9.34. The smallest absolute Gasteiger partial charge is 0.185 e. The van der Waals surface area contributed by atoms with Gasteiger partial charge in [0.2, 0.25) is 0 Å². The van der Waals surface area contributed by atoms with Gasteiger partial charge in [-0.1, -0.05) is 46.3 Å². The Balaban J connectivity index is 1.96. The second kappa shape index (κ2) is 8.37. The summed E-state index contributed by atoms with van der Waals surface area (Å²) >= 11 is 3.55.